The van der Waals surface area contributed by atoms with E-state index in [9.17, 15) is 26.4 Å². The van der Waals surface area contributed by atoms with E-state index in [2.05, 4.69) is 0 Å². The van der Waals surface area contributed by atoms with E-state index in [0.717, 1.165) is 30.5 Å². The second-order valence-corrected chi connectivity index (χ2v) is 10.2. The molecule has 2 aromatic rings. The molecule has 0 unspecified atom stereocenters. The number of carbonyl (C=O) groups excluding carboxylic acids is 1. The molecule has 2 fully saturated rings. The first-order chi connectivity index (χ1) is 15.2. The molecule has 0 radical (unpaired) electrons. The summed E-state index contributed by atoms with van der Waals surface area (Å²) in [6, 6.07) is 13.7. The van der Waals surface area contributed by atoms with Gasteiger partial charge in [0, 0.05) is 25.6 Å². The Bertz CT molecular complexity index is 1070. The van der Waals surface area contributed by atoms with E-state index < -0.39 is 21.8 Å². The van der Waals surface area contributed by atoms with E-state index >= 15 is 0 Å². The van der Waals surface area contributed by atoms with Gasteiger partial charge in [-0.05, 0) is 49.4 Å². The SMILES string of the molecule is O=C(C1CCN(S(=O)(=O)c2cccc(C(F)(F)F)c2)CC1)N1CCC[C@H]1c1ccccc1. The van der Waals surface area contributed by atoms with Crippen LogP contribution in [0.15, 0.2) is 59.5 Å². The minimum atomic E-state index is -4.62. The van der Waals surface area contributed by atoms with Gasteiger partial charge >= 0.3 is 6.18 Å². The molecule has 2 aromatic carbocycles. The van der Waals surface area contributed by atoms with Gasteiger partial charge in [-0.3, -0.25) is 4.79 Å². The second-order valence-electron chi connectivity index (χ2n) is 8.30. The minimum Gasteiger partial charge on any atom is -0.335 e. The molecule has 9 heteroatoms. The average molecular weight is 467 g/mol. The topological polar surface area (TPSA) is 57.7 Å². The lowest BCUT2D eigenvalue weighted by Gasteiger charge is -2.34. The summed E-state index contributed by atoms with van der Waals surface area (Å²) < 4.78 is 66.0. The summed E-state index contributed by atoms with van der Waals surface area (Å²) in [7, 11) is -4.06. The number of sulfonamides is 1. The third-order valence-corrected chi connectivity index (χ3v) is 8.22. The van der Waals surface area contributed by atoms with E-state index in [-0.39, 0.29) is 35.9 Å². The molecular formula is C23H25F3N2O3S. The summed E-state index contributed by atoms with van der Waals surface area (Å²) >= 11 is 0. The first kappa shape index (κ1) is 22.8. The van der Waals surface area contributed by atoms with Crippen molar-refractivity contribution in [1.82, 2.24) is 9.21 Å². The molecule has 172 valence electrons. The Labute approximate surface area is 185 Å². The highest BCUT2D eigenvalue weighted by molar-refractivity contribution is 7.89. The van der Waals surface area contributed by atoms with Gasteiger partial charge in [-0.25, -0.2) is 8.42 Å². The van der Waals surface area contributed by atoms with Crippen molar-refractivity contribution in [2.75, 3.05) is 19.6 Å². The van der Waals surface area contributed by atoms with Gasteiger partial charge in [-0.2, -0.15) is 17.5 Å². The van der Waals surface area contributed by atoms with Crippen LogP contribution >= 0.6 is 0 Å². The van der Waals surface area contributed by atoms with Gasteiger partial charge in [0.2, 0.25) is 15.9 Å². The lowest BCUT2D eigenvalue weighted by molar-refractivity contribution is -0.138. The molecule has 0 spiro atoms. The van der Waals surface area contributed by atoms with Gasteiger partial charge < -0.3 is 4.90 Å². The number of amides is 1. The zero-order valence-electron chi connectivity index (χ0n) is 17.5. The maximum Gasteiger partial charge on any atom is 0.416 e. The summed E-state index contributed by atoms with van der Waals surface area (Å²) in [4.78, 5) is 14.7. The Morgan fingerprint density at radius 1 is 0.906 bits per heavy atom. The van der Waals surface area contributed by atoms with Gasteiger partial charge in [0.05, 0.1) is 16.5 Å². The highest BCUT2D eigenvalue weighted by Crippen LogP contribution is 2.36. The zero-order valence-corrected chi connectivity index (χ0v) is 18.3. The standard InChI is InChI=1S/C23H25F3N2O3S/c24-23(25,26)19-8-4-9-20(16-19)32(30,31)27-14-11-18(12-15-27)22(29)28-13-5-10-21(28)17-6-2-1-3-7-17/h1-4,6-9,16,18,21H,5,10-15H2/t21-/m0/s1. The van der Waals surface area contributed by atoms with Crippen molar-refractivity contribution in [3.8, 4) is 0 Å². The number of halogens is 3. The summed E-state index contributed by atoms with van der Waals surface area (Å²) in [6.45, 7) is 0.902. The smallest absolute Gasteiger partial charge is 0.335 e. The number of hydrogen-bond donors (Lipinski definition) is 0. The third-order valence-electron chi connectivity index (χ3n) is 6.32. The Kier molecular flexibility index (Phi) is 6.31. The van der Waals surface area contributed by atoms with Crippen LogP contribution in [0, 0.1) is 5.92 Å². The van der Waals surface area contributed by atoms with Crippen molar-refractivity contribution in [2.45, 2.75) is 42.8 Å². The molecule has 0 saturated carbocycles. The maximum atomic E-state index is 13.2. The van der Waals surface area contributed by atoms with Crippen molar-refractivity contribution in [1.29, 1.82) is 0 Å². The molecule has 2 aliphatic rings. The highest BCUT2D eigenvalue weighted by atomic mass is 32.2. The van der Waals surface area contributed by atoms with Crippen LogP contribution < -0.4 is 0 Å². The Balaban J connectivity index is 1.43. The molecule has 0 aromatic heterocycles. The first-order valence-corrected chi connectivity index (χ1v) is 12.1. The number of piperidine rings is 1. The number of benzene rings is 2. The Morgan fingerprint density at radius 2 is 1.59 bits per heavy atom. The summed E-state index contributed by atoms with van der Waals surface area (Å²) in [5.74, 6) is -0.250. The number of hydrogen-bond acceptors (Lipinski definition) is 3. The highest BCUT2D eigenvalue weighted by Gasteiger charge is 2.38. The van der Waals surface area contributed by atoms with Gasteiger partial charge in [0.25, 0.3) is 0 Å². The van der Waals surface area contributed by atoms with Crippen LogP contribution in [-0.4, -0.2) is 43.2 Å². The van der Waals surface area contributed by atoms with Crippen LogP contribution in [0.1, 0.15) is 42.9 Å². The normalized spacial score (nSPS) is 21.1. The van der Waals surface area contributed by atoms with Crippen molar-refractivity contribution in [3.63, 3.8) is 0 Å². The molecule has 2 heterocycles. The van der Waals surface area contributed by atoms with Gasteiger partial charge in [-0.1, -0.05) is 36.4 Å². The van der Waals surface area contributed by atoms with Crippen LogP contribution in [0.2, 0.25) is 0 Å². The predicted molar refractivity (Wildman–Crippen MR) is 113 cm³/mol. The van der Waals surface area contributed by atoms with Crippen LogP contribution in [-0.2, 0) is 21.0 Å². The zero-order chi connectivity index (χ0) is 22.9. The number of carbonyl (C=O) groups is 1. The summed E-state index contributed by atoms with van der Waals surface area (Å²) in [5, 5.41) is 0. The average Bonchev–Trinajstić information content (AvgIpc) is 3.29. The molecule has 1 atom stereocenters. The van der Waals surface area contributed by atoms with E-state index in [1.165, 1.54) is 10.4 Å². The maximum absolute atomic E-state index is 13.2. The van der Waals surface area contributed by atoms with Crippen molar-refractivity contribution in [3.05, 3.63) is 65.7 Å². The molecule has 32 heavy (non-hydrogen) atoms. The van der Waals surface area contributed by atoms with Gasteiger partial charge in [-0.15, -0.1) is 0 Å². The molecule has 0 aliphatic carbocycles. The number of nitrogens with zero attached hydrogens (tertiary/aromatic N) is 2. The first-order valence-electron chi connectivity index (χ1n) is 10.7. The van der Waals surface area contributed by atoms with Crippen LogP contribution in [0.4, 0.5) is 13.2 Å². The molecule has 5 nitrogen and oxygen atoms in total. The molecule has 2 aliphatic heterocycles. The Morgan fingerprint density at radius 3 is 2.25 bits per heavy atom. The second kappa shape index (κ2) is 8.86. The van der Waals surface area contributed by atoms with E-state index in [1.54, 1.807) is 0 Å². The monoisotopic (exact) mass is 466 g/mol. The number of alkyl halides is 3. The van der Waals surface area contributed by atoms with Crippen molar-refractivity contribution in [2.24, 2.45) is 5.92 Å². The fourth-order valence-electron chi connectivity index (χ4n) is 4.61. The van der Waals surface area contributed by atoms with Crippen LogP contribution in [0.25, 0.3) is 0 Å². The molecule has 0 bridgehead atoms. The van der Waals surface area contributed by atoms with E-state index in [0.29, 0.717) is 25.5 Å². The van der Waals surface area contributed by atoms with E-state index in [4.69, 9.17) is 0 Å². The largest absolute Gasteiger partial charge is 0.416 e. The van der Waals surface area contributed by atoms with Gasteiger partial charge in [0.1, 0.15) is 0 Å². The third kappa shape index (κ3) is 4.54. The fraction of sp³-hybridized carbons (Fsp3) is 0.435. The predicted octanol–water partition coefficient (Wildman–Crippen LogP) is 4.47. The molecular weight excluding hydrogens is 441 g/mol. The molecule has 4 rings (SSSR count). The lowest BCUT2D eigenvalue weighted by Crippen LogP contribution is -2.44. The number of likely N-dealkylation sites (tertiary alicyclic amines) is 1. The number of rotatable bonds is 4. The van der Waals surface area contributed by atoms with E-state index in [1.807, 2.05) is 35.2 Å². The fourth-order valence-corrected chi connectivity index (χ4v) is 6.13. The van der Waals surface area contributed by atoms with Crippen LogP contribution in [0.5, 0.6) is 0 Å². The van der Waals surface area contributed by atoms with Crippen molar-refractivity contribution >= 4 is 15.9 Å². The molecule has 0 N–H and O–H groups in total. The molecule has 2 saturated heterocycles. The minimum absolute atomic E-state index is 0.0347. The van der Waals surface area contributed by atoms with Gasteiger partial charge in [0.15, 0.2) is 0 Å². The quantitative estimate of drug-likeness (QED) is 0.668. The Hall–Kier alpha value is -2.39. The molecule has 1 amide bonds. The summed E-state index contributed by atoms with van der Waals surface area (Å²) in [6.07, 6.45) is -2.08. The van der Waals surface area contributed by atoms with Crippen LogP contribution in [0.3, 0.4) is 0 Å². The summed E-state index contributed by atoms with van der Waals surface area (Å²) in [5.41, 5.74) is 0.104. The van der Waals surface area contributed by atoms with Crippen molar-refractivity contribution < 1.29 is 26.4 Å². The lowest BCUT2D eigenvalue weighted by atomic mass is 9.95.